The summed E-state index contributed by atoms with van der Waals surface area (Å²) in [7, 11) is 1.83. The van der Waals surface area contributed by atoms with E-state index >= 15 is 0 Å². The number of benzene rings is 2. The van der Waals surface area contributed by atoms with Gasteiger partial charge in [-0.05, 0) is 24.3 Å². The summed E-state index contributed by atoms with van der Waals surface area (Å²) in [5.74, 6) is -0.713. The van der Waals surface area contributed by atoms with Crippen molar-refractivity contribution in [3.05, 3.63) is 64.0 Å². The second-order valence-electron chi connectivity index (χ2n) is 5.32. The van der Waals surface area contributed by atoms with Crippen LogP contribution in [-0.4, -0.2) is 31.0 Å². The van der Waals surface area contributed by atoms with Crippen LogP contribution in [0.5, 0.6) is 0 Å². The van der Waals surface area contributed by atoms with E-state index in [1.807, 2.05) is 11.9 Å². The van der Waals surface area contributed by atoms with Crippen molar-refractivity contribution >= 4 is 23.0 Å². The standard InChI is InChI=1S/C16H14FN3O3/c1-18-7-8-19(14-6-5-12(17)10-15(14)18)16(21)11-3-2-4-13(9-11)20(22)23/h2-6,9-10H,7-8H2,1H3. The lowest BCUT2D eigenvalue weighted by Gasteiger charge is -2.35. The number of likely N-dealkylation sites (N-methyl/N-ethyl adjacent to an activating group) is 1. The molecule has 3 rings (SSSR count). The first-order chi connectivity index (χ1) is 11.0. The number of nitro groups is 1. The van der Waals surface area contributed by atoms with Crippen molar-refractivity contribution in [3.8, 4) is 0 Å². The summed E-state index contributed by atoms with van der Waals surface area (Å²) >= 11 is 0. The van der Waals surface area contributed by atoms with Crippen molar-refractivity contribution in [2.75, 3.05) is 29.9 Å². The third-order valence-electron chi connectivity index (χ3n) is 3.85. The van der Waals surface area contributed by atoms with Crippen molar-refractivity contribution in [2.24, 2.45) is 0 Å². The lowest BCUT2D eigenvalue weighted by atomic mass is 10.1. The Hall–Kier alpha value is -2.96. The second kappa shape index (κ2) is 5.68. The van der Waals surface area contributed by atoms with Crippen LogP contribution in [0.4, 0.5) is 21.5 Å². The monoisotopic (exact) mass is 315 g/mol. The molecule has 0 saturated heterocycles. The van der Waals surface area contributed by atoms with E-state index in [-0.39, 0.29) is 23.0 Å². The Balaban J connectivity index is 2.00. The normalized spacial score (nSPS) is 13.7. The van der Waals surface area contributed by atoms with Crippen LogP contribution < -0.4 is 9.80 Å². The number of nitrogens with zero attached hydrogens (tertiary/aromatic N) is 3. The van der Waals surface area contributed by atoms with Crippen LogP contribution in [0.15, 0.2) is 42.5 Å². The van der Waals surface area contributed by atoms with Crippen molar-refractivity contribution in [1.29, 1.82) is 0 Å². The highest BCUT2D eigenvalue weighted by molar-refractivity contribution is 6.08. The maximum Gasteiger partial charge on any atom is 0.270 e. The molecule has 1 heterocycles. The number of hydrogen-bond donors (Lipinski definition) is 0. The fourth-order valence-corrected chi connectivity index (χ4v) is 2.64. The third-order valence-corrected chi connectivity index (χ3v) is 3.85. The zero-order valence-electron chi connectivity index (χ0n) is 12.4. The van der Waals surface area contributed by atoms with Crippen LogP contribution in [0.1, 0.15) is 10.4 Å². The molecule has 118 valence electrons. The van der Waals surface area contributed by atoms with E-state index in [1.165, 1.54) is 41.3 Å². The Morgan fingerprint density at radius 3 is 2.70 bits per heavy atom. The van der Waals surface area contributed by atoms with E-state index in [9.17, 15) is 19.3 Å². The van der Waals surface area contributed by atoms with Gasteiger partial charge in [-0.15, -0.1) is 0 Å². The fraction of sp³-hybridized carbons (Fsp3) is 0.188. The summed E-state index contributed by atoms with van der Waals surface area (Å²) in [5, 5.41) is 10.9. The molecular formula is C16H14FN3O3. The second-order valence-corrected chi connectivity index (χ2v) is 5.32. The quantitative estimate of drug-likeness (QED) is 0.631. The minimum atomic E-state index is -0.538. The van der Waals surface area contributed by atoms with Gasteiger partial charge in [0.05, 0.1) is 16.3 Å². The van der Waals surface area contributed by atoms with Gasteiger partial charge in [0.15, 0.2) is 0 Å². The lowest BCUT2D eigenvalue weighted by Crippen LogP contribution is -2.42. The Bertz CT molecular complexity index is 794. The molecular weight excluding hydrogens is 301 g/mol. The molecule has 6 nitrogen and oxygen atoms in total. The van der Waals surface area contributed by atoms with Crippen LogP contribution in [0.25, 0.3) is 0 Å². The summed E-state index contributed by atoms with van der Waals surface area (Å²) in [4.78, 5) is 26.4. The molecule has 0 radical (unpaired) electrons. The summed E-state index contributed by atoms with van der Waals surface area (Å²) < 4.78 is 13.5. The Kier molecular flexibility index (Phi) is 3.69. The molecule has 0 aliphatic carbocycles. The van der Waals surface area contributed by atoms with Gasteiger partial charge < -0.3 is 9.80 Å². The molecule has 1 amide bonds. The van der Waals surface area contributed by atoms with Gasteiger partial charge >= 0.3 is 0 Å². The molecule has 1 aliphatic rings. The van der Waals surface area contributed by atoms with Crippen molar-refractivity contribution in [2.45, 2.75) is 0 Å². The molecule has 0 atom stereocenters. The number of hydrogen-bond acceptors (Lipinski definition) is 4. The first-order valence-corrected chi connectivity index (χ1v) is 7.04. The molecule has 0 N–H and O–H groups in total. The average molecular weight is 315 g/mol. The number of carbonyl (C=O) groups excluding carboxylic acids is 1. The van der Waals surface area contributed by atoms with Gasteiger partial charge in [0, 0.05) is 37.8 Å². The van der Waals surface area contributed by atoms with Crippen molar-refractivity contribution in [3.63, 3.8) is 0 Å². The predicted octanol–water partition coefficient (Wildman–Crippen LogP) is 2.83. The summed E-state index contributed by atoms with van der Waals surface area (Å²) in [6, 6.07) is 9.83. The topological polar surface area (TPSA) is 66.7 Å². The molecule has 0 spiro atoms. The smallest absolute Gasteiger partial charge is 0.270 e. The van der Waals surface area contributed by atoms with E-state index < -0.39 is 4.92 Å². The van der Waals surface area contributed by atoms with Gasteiger partial charge in [-0.3, -0.25) is 14.9 Å². The number of carbonyl (C=O) groups is 1. The largest absolute Gasteiger partial charge is 0.371 e. The van der Waals surface area contributed by atoms with Crippen LogP contribution in [0.2, 0.25) is 0 Å². The van der Waals surface area contributed by atoms with E-state index in [0.29, 0.717) is 24.5 Å². The Morgan fingerprint density at radius 1 is 1.17 bits per heavy atom. The number of anilines is 2. The van der Waals surface area contributed by atoms with Crippen LogP contribution in [0, 0.1) is 15.9 Å². The highest BCUT2D eigenvalue weighted by Crippen LogP contribution is 2.33. The number of amides is 1. The van der Waals surface area contributed by atoms with Crippen molar-refractivity contribution < 1.29 is 14.1 Å². The number of nitro benzene ring substituents is 1. The molecule has 0 aromatic heterocycles. The van der Waals surface area contributed by atoms with Gasteiger partial charge in [0.25, 0.3) is 11.6 Å². The lowest BCUT2D eigenvalue weighted by molar-refractivity contribution is -0.384. The zero-order valence-corrected chi connectivity index (χ0v) is 12.4. The summed E-state index contributed by atoms with van der Waals surface area (Å²) in [6.07, 6.45) is 0. The molecule has 2 aromatic carbocycles. The Labute approximate surface area is 131 Å². The maximum atomic E-state index is 13.5. The molecule has 0 saturated carbocycles. The number of rotatable bonds is 2. The van der Waals surface area contributed by atoms with Crippen molar-refractivity contribution in [1.82, 2.24) is 0 Å². The highest BCUT2D eigenvalue weighted by Gasteiger charge is 2.27. The molecule has 2 aromatic rings. The van der Waals surface area contributed by atoms with Crippen LogP contribution in [-0.2, 0) is 0 Å². The van der Waals surface area contributed by atoms with E-state index in [2.05, 4.69) is 0 Å². The molecule has 7 heteroatoms. The average Bonchev–Trinajstić information content (AvgIpc) is 2.55. The molecule has 23 heavy (non-hydrogen) atoms. The Morgan fingerprint density at radius 2 is 1.96 bits per heavy atom. The number of fused-ring (bicyclic) bond motifs is 1. The maximum absolute atomic E-state index is 13.5. The summed E-state index contributed by atoms with van der Waals surface area (Å²) in [6.45, 7) is 0.980. The van der Waals surface area contributed by atoms with Crippen LogP contribution >= 0.6 is 0 Å². The van der Waals surface area contributed by atoms with Gasteiger partial charge in [-0.1, -0.05) is 6.07 Å². The minimum Gasteiger partial charge on any atom is -0.371 e. The third kappa shape index (κ3) is 2.73. The van der Waals surface area contributed by atoms with E-state index in [0.717, 1.165) is 0 Å². The fourth-order valence-electron chi connectivity index (χ4n) is 2.64. The first kappa shape index (κ1) is 15.0. The SMILES string of the molecule is CN1CCN(C(=O)c2cccc([N+](=O)[O-])c2)c2ccc(F)cc21. The number of non-ortho nitro benzene ring substituents is 1. The zero-order chi connectivity index (χ0) is 16.6. The first-order valence-electron chi connectivity index (χ1n) is 7.04. The van der Waals surface area contributed by atoms with E-state index in [1.54, 1.807) is 6.07 Å². The summed E-state index contributed by atoms with van der Waals surface area (Å²) in [5.41, 5.74) is 1.31. The molecule has 0 bridgehead atoms. The highest BCUT2D eigenvalue weighted by atomic mass is 19.1. The van der Waals surface area contributed by atoms with Gasteiger partial charge in [-0.25, -0.2) is 4.39 Å². The molecule has 0 unspecified atom stereocenters. The van der Waals surface area contributed by atoms with Gasteiger partial charge in [0.1, 0.15) is 5.82 Å². The van der Waals surface area contributed by atoms with E-state index in [4.69, 9.17) is 0 Å². The minimum absolute atomic E-state index is 0.135. The van der Waals surface area contributed by atoms with Gasteiger partial charge in [0.2, 0.25) is 0 Å². The van der Waals surface area contributed by atoms with Gasteiger partial charge in [-0.2, -0.15) is 0 Å². The van der Waals surface area contributed by atoms with Crippen LogP contribution in [0.3, 0.4) is 0 Å². The molecule has 0 fully saturated rings. The number of halogens is 1. The predicted molar refractivity (Wildman–Crippen MR) is 84.4 cm³/mol. The molecule has 1 aliphatic heterocycles.